The molecule has 0 spiro atoms. The van der Waals surface area contributed by atoms with E-state index < -0.39 is 5.92 Å². The number of hydrogen-bond acceptors (Lipinski definition) is 2. The van der Waals surface area contributed by atoms with Crippen molar-refractivity contribution in [2.24, 2.45) is 7.05 Å². The average Bonchev–Trinajstić information content (AvgIpc) is 2.47. The number of halogens is 2. The molecule has 1 rings (SSSR count). The maximum atomic E-state index is 12.9. The fourth-order valence-corrected chi connectivity index (χ4v) is 1.30. The zero-order chi connectivity index (χ0) is 11.6. The van der Waals surface area contributed by atoms with Crippen LogP contribution in [-0.4, -0.2) is 15.6 Å². The van der Waals surface area contributed by atoms with Gasteiger partial charge in [0, 0.05) is 20.4 Å². The zero-order valence-electron chi connectivity index (χ0n) is 9.05. The van der Waals surface area contributed by atoms with Gasteiger partial charge in [-0.05, 0) is 12.5 Å². The topological polar surface area (TPSA) is 34.9 Å². The minimum absolute atomic E-state index is 0.150. The van der Waals surface area contributed by atoms with Crippen LogP contribution >= 0.6 is 0 Å². The first-order valence-electron chi connectivity index (χ1n) is 4.81. The Kier molecular flexibility index (Phi) is 3.21. The standard InChI is InChI=1S/C10H14F2N2O/c1-4-5-8(15)7-6-9(10(2,11)12)13-14(7)3/h6H,4-5H2,1-3H3. The summed E-state index contributed by atoms with van der Waals surface area (Å²) in [5, 5.41) is 3.63. The Hall–Kier alpha value is -1.26. The predicted molar refractivity (Wildman–Crippen MR) is 52.0 cm³/mol. The maximum Gasteiger partial charge on any atom is 0.288 e. The van der Waals surface area contributed by atoms with E-state index >= 15 is 0 Å². The molecule has 3 nitrogen and oxygen atoms in total. The van der Waals surface area contributed by atoms with Crippen LogP contribution < -0.4 is 0 Å². The molecule has 0 radical (unpaired) electrons. The van der Waals surface area contributed by atoms with Gasteiger partial charge < -0.3 is 0 Å². The van der Waals surface area contributed by atoms with E-state index in [1.807, 2.05) is 6.92 Å². The van der Waals surface area contributed by atoms with Gasteiger partial charge in [-0.1, -0.05) is 6.92 Å². The van der Waals surface area contributed by atoms with Crippen molar-refractivity contribution in [3.8, 4) is 0 Å². The Labute approximate surface area is 87.1 Å². The van der Waals surface area contributed by atoms with Gasteiger partial charge in [-0.15, -0.1) is 0 Å². The molecule has 0 aliphatic rings. The van der Waals surface area contributed by atoms with Crippen molar-refractivity contribution in [2.75, 3.05) is 0 Å². The van der Waals surface area contributed by atoms with E-state index in [4.69, 9.17) is 0 Å². The van der Waals surface area contributed by atoms with E-state index in [2.05, 4.69) is 5.10 Å². The van der Waals surface area contributed by atoms with Crippen molar-refractivity contribution in [3.05, 3.63) is 17.5 Å². The third-order valence-electron chi connectivity index (χ3n) is 2.09. The Balaban J connectivity index is 3.02. The maximum absolute atomic E-state index is 12.9. The van der Waals surface area contributed by atoms with Crippen molar-refractivity contribution in [3.63, 3.8) is 0 Å². The number of Topliss-reactive ketones (excluding diaryl/α,β-unsaturated/α-hetero) is 1. The molecule has 0 saturated heterocycles. The summed E-state index contributed by atoms with van der Waals surface area (Å²) in [6.45, 7) is 2.63. The SMILES string of the molecule is CCCC(=O)c1cc(C(C)(F)F)nn1C. The van der Waals surface area contributed by atoms with Crippen molar-refractivity contribution in [1.29, 1.82) is 0 Å². The van der Waals surface area contributed by atoms with Gasteiger partial charge in [0.2, 0.25) is 0 Å². The summed E-state index contributed by atoms with van der Waals surface area (Å²) in [6, 6.07) is 1.16. The molecule has 0 atom stereocenters. The van der Waals surface area contributed by atoms with Crippen LogP contribution in [-0.2, 0) is 13.0 Å². The number of ketones is 1. The lowest BCUT2D eigenvalue weighted by atomic mass is 10.1. The number of carbonyl (C=O) groups excluding carboxylic acids is 1. The molecule has 5 heteroatoms. The van der Waals surface area contributed by atoms with E-state index in [-0.39, 0.29) is 17.2 Å². The Bertz CT molecular complexity index is 366. The van der Waals surface area contributed by atoms with Gasteiger partial charge in [-0.3, -0.25) is 9.48 Å². The fourth-order valence-electron chi connectivity index (χ4n) is 1.30. The lowest BCUT2D eigenvalue weighted by Crippen LogP contribution is -2.08. The van der Waals surface area contributed by atoms with E-state index in [1.54, 1.807) is 0 Å². The van der Waals surface area contributed by atoms with Crippen LogP contribution in [0.2, 0.25) is 0 Å². The molecule has 0 aromatic carbocycles. The number of carbonyl (C=O) groups is 1. The molecule has 84 valence electrons. The predicted octanol–water partition coefficient (Wildman–Crippen LogP) is 2.51. The summed E-state index contributed by atoms with van der Waals surface area (Å²) in [6.07, 6.45) is 1.05. The van der Waals surface area contributed by atoms with Gasteiger partial charge >= 0.3 is 0 Å². The number of alkyl halides is 2. The Morgan fingerprint density at radius 2 is 2.20 bits per heavy atom. The molecule has 0 bridgehead atoms. The number of hydrogen-bond donors (Lipinski definition) is 0. The molecule has 0 aliphatic heterocycles. The van der Waals surface area contributed by atoms with Gasteiger partial charge in [0.05, 0.1) is 0 Å². The first-order valence-corrected chi connectivity index (χ1v) is 4.81. The van der Waals surface area contributed by atoms with E-state index in [1.165, 1.54) is 11.7 Å². The van der Waals surface area contributed by atoms with E-state index in [0.29, 0.717) is 12.8 Å². The van der Waals surface area contributed by atoms with Crippen LogP contribution in [0.1, 0.15) is 42.9 Å². The first-order chi connectivity index (χ1) is 6.86. The van der Waals surface area contributed by atoms with Gasteiger partial charge in [-0.2, -0.15) is 13.9 Å². The quantitative estimate of drug-likeness (QED) is 0.725. The molecule has 15 heavy (non-hydrogen) atoms. The van der Waals surface area contributed by atoms with Crippen molar-refractivity contribution in [1.82, 2.24) is 9.78 Å². The lowest BCUT2D eigenvalue weighted by Gasteiger charge is -2.03. The molecule has 0 saturated carbocycles. The third-order valence-corrected chi connectivity index (χ3v) is 2.09. The van der Waals surface area contributed by atoms with Crippen LogP contribution in [0.3, 0.4) is 0 Å². The number of nitrogens with zero attached hydrogens (tertiary/aromatic N) is 2. The minimum atomic E-state index is -3.00. The summed E-state index contributed by atoms with van der Waals surface area (Å²) in [4.78, 5) is 11.5. The fraction of sp³-hybridized carbons (Fsp3) is 0.600. The van der Waals surface area contributed by atoms with Crippen molar-refractivity contribution in [2.45, 2.75) is 32.6 Å². The van der Waals surface area contributed by atoms with E-state index in [0.717, 1.165) is 13.0 Å². The summed E-state index contributed by atoms with van der Waals surface area (Å²) in [5.74, 6) is -3.15. The lowest BCUT2D eigenvalue weighted by molar-refractivity contribution is 0.0122. The van der Waals surface area contributed by atoms with Crippen LogP contribution in [0.5, 0.6) is 0 Å². The monoisotopic (exact) mass is 216 g/mol. The van der Waals surface area contributed by atoms with Crippen LogP contribution in [0.4, 0.5) is 8.78 Å². The molecule has 0 amide bonds. The summed E-state index contributed by atoms with van der Waals surface area (Å²) < 4.78 is 27.0. The second-order valence-electron chi connectivity index (χ2n) is 3.60. The number of rotatable bonds is 4. The zero-order valence-corrected chi connectivity index (χ0v) is 9.05. The minimum Gasteiger partial charge on any atom is -0.292 e. The van der Waals surface area contributed by atoms with Crippen LogP contribution in [0, 0.1) is 0 Å². The van der Waals surface area contributed by atoms with Gasteiger partial charge in [-0.25, -0.2) is 0 Å². The highest BCUT2D eigenvalue weighted by Gasteiger charge is 2.29. The molecule has 1 heterocycles. The van der Waals surface area contributed by atoms with Crippen molar-refractivity contribution < 1.29 is 13.6 Å². The van der Waals surface area contributed by atoms with Crippen LogP contribution in [0.25, 0.3) is 0 Å². The molecule has 1 aromatic heterocycles. The number of aryl methyl sites for hydroxylation is 1. The summed E-state index contributed by atoms with van der Waals surface area (Å²) >= 11 is 0. The Morgan fingerprint density at radius 3 is 2.60 bits per heavy atom. The molecule has 1 aromatic rings. The smallest absolute Gasteiger partial charge is 0.288 e. The third kappa shape index (κ3) is 2.61. The Morgan fingerprint density at radius 1 is 1.60 bits per heavy atom. The molecule has 0 fully saturated rings. The molecule has 0 N–H and O–H groups in total. The molecule has 0 unspecified atom stereocenters. The molecule has 0 aliphatic carbocycles. The largest absolute Gasteiger partial charge is 0.292 e. The summed E-state index contributed by atoms with van der Waals surface area (Å²) in [7, 11) is 1.50. The molecular formula is C10H14F2N2O. The highest BCUT2D eigenvalue weighted by molar-refractivity contribution is 5.94. The second-order valence-corrected chi connectivity index (χ2v) is 3.60. The van der Waals surface area contributed by atoms with Crippen molar-refractivity contribution >= 4 is 5.78 Å². The van der Waals surface area contributed by atoms with E-state index in [9.17, 15) is 13.6 Å². The number of aromatic nitrogens is 2. The van der Waals surface area contributed by atoms with Gasteiger partial charge in [0.1, 0.15) is 11.4 Å². The summed E-state index contributed by atoms with van der Waals surface area (Å²) in [5.41, 5.74) is -0.113. The van der Waals surface area contributed by atoms with Gasteiger partial charge in [0.25, 0.3) is 5.92 Å². The highest BCUT2D eigenvalue weighted by atomic mass is 19.3. The normalized spacial score (nSPS) is 11.8. The van der Waals surface area contributed by atoms with Gasteiger partial charge in [0.15, 0.2) is 5.78 Å². The average molecular weight is 216 g/mol. The van der Waals surface area contributed by atoms with Crippen LogP contribution in [0.15, 0.2) is 6.07 Å². The highest BCUT2D eigenvalue weighted by Crippen LogP contribution is 2.26. The molecular weight excluding hydrogens is 202 g/mol. The second kappa shape index (κ2) is 4.08. The first kappa shape index (κ1) is 11.8.